The Balaban J connectivity index is 1.87. The van der Waals surface area contributed by atoms with Crippen LogP contribution in [0, 0.1) is 12.8 Å². The molecule has 1 aromatic carbocycles. The van der Waals surface area contributed by atoms with Gasteiger partial charge in [0.25, 0.3) is 0 Å². The van der Waals surface area contributed by atoms with Gasteiger partial charge in [-0.3, -0.25) is 0 Å². The molecule has 94 valence electrons. The molecular formula is C14H20BrNO. The van der Waals surface area contributed by atoms with E-state index in [1.807, 2.05) is 0 Å². The SMILES string of the molecule is Cc1ccc(Br)cc1NCC1CCC(O)CC1. The summed E-state index contributed by atoms with van der Waals surface area (Å²) < 4.78 is 1.12. The number of aryl methyl sites for hydroxylation is 1. The van der Waals surface area contributed by atoms with Crippen LogP contribution in [-0.2, 0) is 0 Å². The monoisotopic (exact) mass is 297 g/mol. The molecular weight excluding hydrogens is 278 g/mol. The van der Waals surface area contributed by atoms with Crippen LogP contribution in [0.15, 0.2) is 22.7 Å². The first kappa shape index (κ1) is 12.9. The maximum Gasteiger partial charge on any atom is 0.0540 e. The van der Waals surface area contributed by atoms with Gasteiger partial charge < -0.3 is 10.4 Å². The van der Waals surface area contributed by atoms with Crippen LogP contribution in [0.4, 0.5) is 5.69 Å². The van der Waals surface area contributed by atoms with E-state index in [1.54, 1.807) is 0 Å². The molecule has 0 atom stereocenters. The maximum absolute atomic E-state index is 9.47. The number of anilines is 1. The van der Waals surface area contributed by atoms with E-state index in [-0.39, 0.29) is 6.10 Å². The second-order valence-electron chi connectivity index (χ2n) is 5.01. The summed E-state index contributed by atoms with van der Waals surface area (Å²) in [6.07, 6.45) is 4.15. The number of rotatable bonds is 3. The predicted molar refractivity (Wildman–Crippen MR) is 75.3 cm³/mol. The van der Waals surface area contributed by atoms with Gasteiger partial charge in [-0.05, 0) is 56.2 Å². The number of hydrogen-bond donors (Lipinski definition) is 2. The molecule has 2 rings (SSSR count). The fourth-order valence-electron chi connectivity index (χ4n) is 2.39. The molecule has 1 aromatic rings. The first-order valence-electron chi connectivity index (χ1n) is 6.33. The lowest BCUT2D eigenvalue weighted by Gasteiger charge is -2.26. The third-order valence-corrected chi connectivity index (χ3v) is 4.09. The Hall–Kier alpha value is -0.540. The van der Waals surface area contributed by atoms with Crippen LogP contribution in [0.3, 0.4) is 0 Å². The average molecular weight is 298 g/mol. The van der Waals surface area contributed by atoms with Crippen molar-refractivity contribution in [1.29, 1.82) is 0 Å². The van der Waals surface area contributed by atoms with Gasteiger partial charge in [0, 0.05) is 16.7 Å². The van der Waals surface area contributed by atoms with Gasteiger partial charge in [0.2, 0.25) is 0 Å². The normalized spacial score (nSPS) is 24.6. The van der Waals surface area contributed by atoms with E-state index in [9.17, 15) is 5.11 Å². The molecule has 2 N–H and O–H groups in total. The van der Waals surface area contributed by atoms with Crippen LogP contribution in [0.5, 0.6) is 0 Å². The minimum Gasteiger partial charge on any atom is -0.393 e. The summed E-state index contributed by atoms with van der Waals surface area (Å²) in [6, 6.07) is 6.32. The second kappa shape index (κ2) is 5.87. The fourth-order valence-corrected chi connectivity index (χ4v) is 2.75. The molecule has 2 nitrogen and oxygen atoms in total. The number of hydrogen-bond acceptors (Lipinski definition) is 2. The number of benzene rings is 1. The summed E-state index contributed by atoms with van der Waals surface area (Å²) in [4.78, 5) is 0. The lowest BCUT2D eigenvalue weighted by atomic mass is 9.87. The first-order chi connectivity index (χ1) is 8.15. The Morgan fingerprint density at radius 3 is 2.71 bits per heavy atom. The van der Waals surface area contributed by atoms with Gasteiger partial charge in [-0.1, -0.05) is 22.0 Å². The highest BCUT2D eigenvalue weighted by Gasteiger charge is 2.19. The fraction of sp³-hybridized carbons (Fsp3) is 0.571. The topological polar surface area (TPSA) is 32.3 Å². The molecule has 0 heterocycles. The molecule has 0 bridgehead atoms. The maximum atomic E-state index is 9.47. The highest BCUT2D eigenvalue weighted by atomic mass is 79.9. The zero-order valence-corrected chi connectivity index (χ0v) is 11.8. The standard InChI is InChI=1S/C14H20BrNO/c1-10-2-5-12(15)8-14(10)16-9-11-3-6-13(17)7-4-11/h2,5,8,11,13,16-17H,3-4,6-7,9H2,1H3. The summed E-state index contributed by atoms with van der Waals surface area (Å²) in [7, 11) is 0. The number of aliphatic hydroxyl groups excluding tert-OH is 1. The van der Waals surface area contributed by atoms with Crippen molar-refractivity contribution in [3.05, 3.63) is 28.2 Å². The molecule has 0 unspecified atom stereocenters. The lowest BCUT2D eigenvalue weighted by Crippen LogP contribution is -2.23. The van der Waals surface area contributed by atoms with Crippen molar-refractivity contribution in [2.45, 2.75) is 38.7 Å². The number of aliphatic hydroxyl groups is 1. The van der Waals surface area contributed by atoms with Crippen molar-refractivity contribution in [3.63, 3.8) is 0 Å². The average Bonchev–Trinajstić information content (AvgIpc) is 2.32. The van der Waals surface area contributed by atoms with Gasteiger partial charge in [0.1, 0.15) is 0 Å². The van der Waals surface area contributed by atoms with E-state index in [4.69, 9.17) is 0 Å². The summed E-state index contributed by atoms with van der Waals surface area (Å²) in [5.74, 6) is 0.705. The molecule has 3 heteroatoms. The minimum absolute atomic E-state index is 0.0566. The van der Waals surface area contributed by atoms with Crippen LogP contribution in [0.1, 0.15) is 31.2 Å². The summed E-state index contributed by atoms with van der Waals surface area (Å²) in [5, 5.41) is 13.0. The molecule has 1 fully saturated rings. The van der Waals surface area contributed by atoms with Crippen molar-refractivity contribution in [1.82, 2.24) is 0 Å². The minimum atomic E-state index is -0.0566. The molecule has 0 spiro atoms. The molecule has 0 radical (unpaired) electrons. The molecule has 1 aliphatic carbocycles. The Labute approximate surface area is 112 Å². The van der Waals surface area contributed by atoms with Gasteiger partial charge in [-0.15, -0.1) is 0 Å². The van der Waals surface area contributed by atoms with Crippen LogP contribution in [-0.4, -0.2) is 17.8 Å². The van der Waals surface area contributed by atoms with Gasteiger partial charge in [-0.2, -0.15) is 0 Å². The summed E-state index contributed by atoms with van der Waals surface area (Å²) in [6.45, 7) is 3.14. The van der Waals surface area contributed by atoms with Crippen LogP contribution < -0.4 is 5.32 Å². The summed E-state index contributed by atoms with van der Waals surface area (Å²) >= 11 is 3.50. The Kier molecular flexibility index (Phi) is 4.46. The van der Waals surface area contributed by atoms with Crippen LogP contribution in [0.25, 0.3) is 0 Å². The zero-order chi connectivity index (χ0) is 12.3. The van der Waals surface area contributed by atoms with E-state index >= 15 is 0 Å². The van der Waals surface area contributed by atoms with Gasteiger partial charge >= 0.3 is 0 Å². The van der Waals surface area contributed by atoms with E-state index in [2.05, 4.69) is 46.4 Å². The third-order valence-electron chi connectivity index (χ3n) is 3.60. The Bertz CT molecular complexity index is 372. The zero-order valence-electron chi connectivity index (χ0n) is 10.2. The Morgan fingerprint density at radius 1 is 1.29 bits per heavy atom. The van der Waals surface area contributed by atoms with E-state index in [0.29, 0.717) is 5.92 Å². The molecule has 0 aromatic heterocycles. The summed E-state index contributed by atoms with van der Waals surface area (Å²) in [5.41, 5.74) is 2.49. The molecule has 0 amide bonds. The van der Waals surface area contributed by atoms with E-state index in [1.165, 1.54) is 11.3 Å². The van der Waals surface area contributed by atoms with Crippen molar-refractivity contribution in [2.24, 2.45) is 5.92 Å². The van der Waals surface area contributed by atoms with Crippen molar-refractivity contribution in [3.8, 4) is 0 Å². The van der Waals surface area contributed by atoms with Crippen molar-refractivity contribution >= 4 is 21.6 Å². The first-order valence-corrected chi connectivity index (χ1v) is 7.12. The predicted octanol–water partition coefficient (Wildman–Crippen LogP) is 3.72. The van der Waals surface area contributed by atoms with E-state index < -0.39 is 0 Å². The van der Waals surface area contributed by atoms with Crippen molar-refractivity contribution < 1.29 is 5.11 Å². The second-order valence-corrected chi connectivity index (χ2v) is 5.93. The van der Waals surface area contributed by atoms with E-state index in [0.717, 1.165) is 36.7 Å². The van der Waals surface area contributed by atoms with Gasteiger partial charge in [0.05, 0.1) is 6.10 Å². The highest BCUT2D eigenvalue weighted by molar-refractivity contribution is 9.10. The lowest BCUT2D eigenvalue weighted by molar-refractivity contribution is 0.111. The van der Waals surface area contributed by atoms with Crippen LogP contribution >= 0.6 is 15.9 Å². The number of nitrogens with one attached hydrogen (secondary N) is 1. The van der Waals surface area contributed by atoms with Crippen molar-refractivity contribution in [2.75, 3.05) is 11.9 Å². The van der Waals surface area contributed by atoms with Gasteiger partial charge in [0.15, 0.2) is 0 Å². The Morgan fingerprint density at radius 2 is 2.00 bits per heavy atom. The molecule has 0 aliphatic heterocycles. The third kappa shape index (κ3) is 3.71. The molecule has 1 aliphatic rings. The quantitative estimate of drug-likeness (QED) is 0.891. The van der Waals surface area contributed by atoms with Gasteiger partial charge in [-0.25, -0.2) is 0 Å². The molecule has 17 heavy (non-hydrogen) atoms. The highest BCUT2D eigenvalue weighted by Crippen LogP contribution is 2.26. The molecule has 0 saturated heterocycles. The largest absolute Gasteiger partial charge is 0.393 e. The molecule has 1 saturated carbocycles. The van der Waals surface area contributed by atoms with Crippen LogP contribution in [0.2, 0.25) is 0 Å². The number of halogens is 1. The smallest absolute Gasteiger partial charge is 0.0540 e.